The van der Waals surface area contributed by atoms with Gasteiger partial charge in [0.1, 0.15) is 5.69 Å². The molecule has 0 amide bonds. The van der Waals surface area contributed by atoms with Gasteiger partial charge in [-0.25, -0.2) is 9.78 Å². The van der Waals surface area contributed by atoms with Crippen molar-refractivity contribution >= 4 is 17.0 Å². The van der Waals surface area contributed by atoms with Crippen LogP contribution in [0.2, 0.25) is 0 Å². The van der Waals surface area contributed by atoms with E-state index in [0.29, 0.717) is 17.2 Å². The van der Waals surface area contributed by atoms with Crippen LogP contribution in [0.15, 0.2) is 23.0 Å². The van der Waals surface area contributed by atoms with E-state index in [1.807, 2.05) is 0 Å². The van der Waals surface area contributed by atoms with Gasteiger partial charge in [0.25, 0.3) is 0 Å². The lowest BCUT2D eigenvalue weighted by molar-refractivity contribution is 0.457. The number of fused-ring (bicyclic) bond motifs is 1. The Morgan fingerprint density at radius 2 is 2.06 bits per heavy atom. The van der Waals surface area contributed by atoms with Crippen LogP contribution in [-0.4, -0.2) is 25.0 Å². The van der Waals surface area contributed by atoms with Gasteiger partial charge in [-0.3, -0.25) is 4.98 Å². The number of aromatic hydroxyl groups is 1. The monoisotopic (exact) mass is 231 g/mol. The van der Waals surface area contributed by atoms with Gasteiger partial charge >= 0.3 is 5.69 Å². The number of benzene rings is 1. The number of aromatic nitrogens is 4. The van der Waals surface area contributed by atoms with Crippen LogP contribution in [0.5, 0.6) is 5.88 Å². The van der Waals surface area contributed by atoms with Gasteiger partial charge in [-0.15, -0.1) is 0 Å². The predicted molar refractivity (Wildman–Crippen MR) is 62.6 cm³/mol. The van der Waals surface area contributed by atoms with Crippen molar-refractivity contribution in [2.24, 2.45) is 0 Å². The van der Waals surface area contributed by atoms with Crippen molar-refractivity contribution < 1.29 is 5.11 Å². The van der Waals surface area contributed by atoms with Crippen molar-refractivity contribution in [2.45, 2.75) is 0 Å². The van der Waals surface area contributed by atoms with Gasteiger partial charge in [0.2, 0.25) is 5.88 Å². The number of imidazole rings is 2. The van der Waals surface area contributed by atoms with Crippen molar-refractivity contribution in [3.05, 3.63) is 28.7 Å². The molecule has 0 atom stereocenters. The number of anilines is 1. The first-order valence-corrected chi connectivity index (χ1v) is 4.90. The van der Waals surface area contributed by atoms with Gasteiger partial charge in [-0.1, -0.05) is 6.07 Å². The first kappa shape index (κ1) is 9.52. The molecule has 1 aromatic carbocycles. The molecule has 6 N–H and O–H groups in total. The average molecular weight is 231 g/mol. The molecule has 2 heterocycles. The lowest BCUT2D eigenvalue weighted by atomic mass is 10.1. The molecule has 7 heteroatoms. The maximum atomic E-state index is 11.0. The molecule has 7 nitrogen and oxygen atoms in total. The van der Waals surface area contributed by atoms with E-state index in [-0.39, 0.29) is 5.88 Å². The summed E-state index contributed by atoms with van der Waals surface area (Å²) in [6.07, 6.45) is 0. The summed E-state index contributed by atoms with van der Waals surface area (Å²) in [6, 6.07) is 5.24. The third-order valence-corrected chi connectivity index (χ3v) is 2.50. The van der Waals surface area contributed by atoms with Gasteiger partial charge < -0.3 is 20.8 Å². The highest BCUT2D eigenvalue weighted by Gasteiger charge is 2.09. The maximum Gasteiger partial charge on any atom is 0.326 e. The molecule has 0 unspecified atom stereocenters. The highest BCUT2D eigenvalue weighted by atomic mass is 16.3. The van der Waals surface area contributed by atoms with Crippen molar-refractivity contribution in [1.82, 2.24) is 19.9 Å². The summed E-state index contributed by atoms with van der Waals surface area (Å²) in [5, 5.41) is 9.52. The van der Waals surface area contributed by atoms with Crippen LogP contribution in [0, 0.1) is 0 Å². The summed E-state index contributed by atoms with van der Waals surface area (Å²) in [6.45, 7) is 0. The Kier molecular flexibility index (Phi) is 1.76. The summed E-state index contributed by atoms with van der Waals surface area (Å²) in [5.74, 6) is 0.130. The molecular formula is C10H9N5O2. The van der Waals surface area contributed by atoms with Gasteiger partial charge in [0.05, 0.1) is 11.0 Å². The molecule has 0 aliphatic rings. The number of aromatic amines is 3. The summed E-state index contributed by atoms with van der Waals surface area (Å²) in [7, 11) is 0. The van der Waals surface area contributed by atoms with Gasteiger partial charge in [-0.2, -0.15) is 0 Å². The topological polar surface area (TPSA) is 124 Å². The number of nitrogens with two attached hydrogens (primary N) is 1. The van der Waals surface area contributed by atoms with Gasteiger partial charge in [0.15, 0.2) is 5.95 Å². The predicted octanol–water partition coefficient (Wildman–Crippen LogP) is 0.534. The molecule has 3 aromatic rings. The van der Waals surface area contributed by atoms with Crippen molar-refractivity contribution in [3.63, 3.8) is 0 Å². The maximum absolute atomic E-state index is 11.0. The fraction of sp³-hybridized carbons (Fsp3) is 0. The zero-order valence-corrected chi connectivity index (χ0v) is 8.61. The second-order valence-corrected chi connectivity index (χ2v) is 3.66. The van der Waals surface area contributed by atoms with Crippen molar-refractivity contribution in [3.8, 4) is 17.1 Å². The molecule has 0 bridgehead atoms. The summed E-state index contributed by atoms with van der Waals surface area (Å²) in [5.41, 5.74) is 7.54. The van der Waals surface area contributed by atoms with E-state index in [1.54, 1.807) is 18.2 Å². The first-order chi connectivity index (χ1) is 8.13. The molecule has 0 aliphatic carbocycles. The molecule has 0 fully saturated rings. The van der Waals surface area contributed by atoms with Crippen LogP contribution < -0.4 is 11.4 Å². The Balaban J connectivity index is 2.23. The number of hydrogen-bond acceptors (Lipinski definition) is 4. The van der Waals surface area contributed by atoms with E-state index in [9.17, 15) is 9.90 Å². The zero-order chi connectivity index (χ0) is 12.0. The summed E-state index contributed by atoms with van der Waals surface area (Å²) >= 11 is 0. The largest absolute Gasteiger partial charge is 0.493 e. The quantitative estimate of drug-likeness (QED) is 0.419. The fourth-order valence-corrected chi connectivity index (χ4v) is 1.77. The van der Waals surface area contributed by atoms with Crippen LogP contribution in [-0.2, 0) is 0 Å². The van der Waals surface area contributed by atoms with Crippen LogP contribution in [0.3, 0.4) is 0 Å². The Morgan fingerprint density at radius 3 is 2.76 bits per heavy atom. The van der Waals surface area contributed by atoms with E-state index >= 15 is 0 Å². The molecule has 0 aliphatic heterocycles. The highest BCUT2D eigenvalue weighted by Crippen LogP contribution is 2.26. The normalized spacial score (nSPS) is 11.1. The molecule has 0 spiro atoms. The Hall–Kier alpha value is -2.70. The van der Waals surface area contributed by atoms with Gasteiger partial charge in [-0.05, 0) is 12.1 Å². The molecule has 0 saturated heterocycles. The number of nitrogens with zero attached hydrogens (tertiary/aromatic N) is 1. The summed E-state index contributed by atoms with van der Waals surface area (Å²) < 4.78 is 0. The molecule has 86 valence electrons. The molecule has 17 heavy (non-hydrogen) atoms. The van der Waals surface area contributed by atoms with Crippen LogP contribution in [0.4, 0.5) is 5.95 Å². The van der Waals surface area contributed by atoms with E-state index in [1.165, 1.54) is 0 Å². The highest BCUT2D eigenvalue weighted by molar-refractivity contribution is 5.83. The number of hydrogen-bond donors (Lipinski definition) is 5. The van der Waals surface area contributed by atoms with E-state index in [2.05, 4.69) is 19.9 Å². The number of H-pyrrole nitrogens is 3. The van der Waals surface area contributed by atoms with E-state index in [4.69, 9.17) is 5.73 Å². The number of nitrogen functional groups attached to an aromatic ring is 1. The van der Waals surface area contributed by atoms with Crippen molar-refractivity contribution in [1.29, 1.82) is 0 Å². The lowest BCUT2D eigenvalue weighted by Gasteiger charge is -1.97. The number of nitrogens with one attached hydrogen (secondary N) is 3. The first-order valence-electron chi connectivity index (χ1n) is 4.90. The summed E-state index contributed by atoms with van der Waals surface area (Å²) in [4.78, 5) is 22.7. The smallest absolute Gasteiger partial charge is 0.326 e. The molecule has 2 aromatic heterocycles. The Labute approximate surface area is 94.3 Å². The van der Waals surface area contributed by atoms with Gasteiger partial charge in [0, 0.05) is 5.56 Å². The van der Waals surface area contributed by atoms with Crippen molar-refractivity contribution in [2.75, 3.05) is 5.73 Å². The molecule has 0 radical (unpaired) electrons. The third kappa shape index (κ3) is 1.44. The minimum atomic E-state index is -0.457. The Morgan fingerprint density at radius 1 is 1.24 bits per heavy atom. The molecule has 0 saturated carbocycles. The van der Waals surface area contributed by atoms with Crippen LogP contribution in [0.1, 0.15) is 0 Å². The average Bonchev–Trinajstić information content (AvgIpc) is 2.78. The second-order valence-electron chi connectivity index (χ2n) is 3.66. The van der Waals surface area contributed by atoms with Crippen LogP contribution in [0.25, 0.3) is 22.3 Å². The standard InChI is InChI=1S/C10H9N5O2/c11-9-12-5-2-1-4(3-6(5)13-9)7-8(16)15-10(17)14-7/h1-3,16H,(H3,11,12,13)(H2,14,15,17). The lowest BCUT2D eigenvalue weighted by Crippen LogP contribution is -1.99. The fourth-order valence-electron chi connectivity index (χ4n) is 1.77. The Bertz CT molecular complexity index is 751. The SMILES string of the molecule is Nc1nc2ccc(-c3[nH]c(=O)[nH]c3O)cc2[nH]1. The van der Waals surface area contributed by atoms with E-state index in [0.717, 1.165) is 11.0 Å². The van der Waals surface area contributed by atoms with E-state index < -0.39 is 5.69 Å². The molecular weight excluding hydrogens is 222 g/mol. The molecule has 3 rings (SSSR count). The second kappa shape index (κ2) is 3.14. The van der Waals surface area contributed by atoms with Crippen LogP contribution >= 0.6 is 0 Å². The third-order valence-electron chi connectivity index (χ3n) is 2.50. The number of rotatable bonds is 1. The minimum Gasteiger partial charge on any atom is -0.493 e. The minimum absolute atomic E-state index is 0.193. The zero-order valence-electron chi connectivity index (χ0n) is 8.61.